The number of nitrogens with zero attached hydrogens (tertiary/aromatic N) is 3. The van der Waals surface area contributed by atoms with Crippen molar-refractivity contribution >= 4 is 80.8 Å². The average Bonchev–Trinajstić information content (AvgIpc) is 2.81. The molecule has 3 N–H and O–H groups in total. The summed E-state index contributed by atoms with van der Waals surface area (Å²) < 4.78 is 0. The maximum absolute atomic E-state index is 12.5. The van der Waals surface area contributed by atoms with Crippen LogP contribution < -0.4 is 20.9 Å². The number of urea groups is 1. The van der Waals surface area contributed by atoms with Gasteiger partial charge in [-0.2, -0.15) is 4.98 Å². The van der Waals surface area contributed by atoms with Gasteiger partial charge in [-0.05, 0) is 43.9 Å². The SMILES string of the molecule is CN(C)c1nc(N[C@H]2CC[C@@H](NC(=O)Nc3c(Cl)c(Cl)cc(Cl)c3Cl)CC2)nc2ccccc12. The van der Waals surface area contributed by atoms with Crippen molar-refractivity contribution in [2.45, 2.75) is 37.8 Å². The molecule has 1 aliphatic rings. The fraction of sp³-hybridized carbons (Fsp3) is 0.348. The normalized spacial score (nSPS) is 17.9. The zero-order valence-corrected chi connectivity index (χ0v) is 21.7. The Hall–Kier alpha value is -2.19. The van der Waals surface area contributed by atoms with Crippen LogP contribution in [0.3, 0.4) is 0 Å². The third kappa shape index (κ3) is 5.54. The molecule has 1 heterocycles. The predicted molar refractivity (Wildman–Crippen MR) is 142 cm³/mol. The van der Waals surface area contributed by atoms with E-state index in [1.54, 1.807) is 0 Å². The maximum Gasteiger partial charge on any atom is 0.319 e. The molecule has 3 aromatic rings. The number of fused-ring (bicyclic) bond motifs is 1. The van der Waals surface area contributed by atoms with Crippen molar-refractivity contribution in [2.75, 3.05) is 29.6 Å². The van der Waals surface area contributed by atoms with Gasteiger partial charge in [0.1, 0.15) is 5.82 Å². The topological polar surface area (TPSA) is 82.2 Å². The van der Waals surface area contributed by atoms with Crippen LogP contribution >= 0.6 is 46.4 Å². The van der Waals surface area contributed by atoms with Crippen LogP contribution in [-0.4, -0.2) is 42.2 Å². The first-order chi connectivity index (χ1) is 16.2. The van der Waals surface area contributed by atoms with E-state index >= 15 is 0 Å². The lowest BCUT2D eigenvalue weighted by atomic mass is 9.91. The molecule has 34 heavy (non-hydrogen) atoms. The van der Waals surface area contributed by atoms with Crippen molar-refractivity contribution in [2.24, 2.45) is 0 Å². The summed E-state index contributed by atoms with van der Waals surface area (Å²) in [5.74, 6) is 1.48. The van der Waals surface area contributed by atoms with E-state index in [9.17, 15) is 4.79 Å². The Kier molecular flexibility index (Phi) is 7.77. The van der Waals surface area contributed by atoms with Gasteiger partial charge in [0, 0.05) is 31.6 Å². The van der Waals surface area contributed by atoms with Crippen molar-refractivity contribution in [3.05, 3.63) is 50.4 Å². The number of para-hydroxylation sites is 1. The van der Waals surface area contributed by atoms with Crippen molar-refractivity contribution < 1.29 is 4.79 Å². The van der Waals surface area contributed by atoms with Gasteiger partial charge in [0.2, 0.25) is 5.95 Å². The molecule has 0 unspecified atom stereocenters. The van der Waals surface area contributed by atoms with Crippen molar-refractivity contribution in [3.63, 3.8) is 0 Å². The Labute approximate surface area is 218 Å². The minimum Gasteiger partial charge on any atom is -0.362 e. The monoisotopic (exact) mass is 540 g/mol. The number of aromatic nitrogens is 2. The molecule has 0 saturated heterocycles. The van der Waals surface area contributed by atoms with Gasteiger partial charge in [-0.25, -0.2) is 9.78 Å². The number of hydrogen-bond acceptors (Lipinski definition) is 5. The number of carbonyl (C=O) groups is 1. The minimum atomic E-state index is -0.410. The third-order valence-electron chi connectivity index (χ3n) is 5.75. The molecule has 11 heteroatoms. The molecule has 0 aliphatic heterocycles. The molecular weight excluding hydrogens is 518 g/mol. The molecule has 180 valence electrons. The van der Waals surface area contributed by atoms with Gasteiger partial charge in [0.25, 0.3) is 0 Å². The smallest absolute Gasteiger partial charge is 0.319 e. The van der Waals surface area contributed by atoms with Gasteiger partial charge < -0.3 is 20.9 Å². The van der Waals surface area contributed by atoms with Crippen LogP contribution in [0.5, 0.6) is 0 Å². The van der Waals surface area contributed by atoms with E-state index in [-0.39, 0.29) is 37.9 Å². The average molecular weight is 542 g/mol. The first-order valence-electron chi connectivity index (χ1n) is 10.8. The Morgan fingerprint density at radius 1 is 0.941 bits per heavy atom. The van der Waals surface area contributed by atoms with Crippen LogP contribution in [0.2, 0.25) is 20.1 Å². The molecule has 1 saturated carbocycles. The number of amides is 2. The minimum absolute atomic E-state index is 0.0140. The number of rotatable bonds is 5. The van der Waals surface area contributed by atoms with E-state index in [1.807, 2.05) is 43.3 Å². The highest BCUT2D eigenvalue weighted by Crippen LogP contribution is 2.41. The molecule has 2 aromatic carbocycles. The lowest BCUT2D eigenvalue weighted by Crippen LogP contribution is -2.42. The summed E-state index contributed by atoms with van der Waals surface area (Å²) in [6, 6.07) is 9.22. The lowest BCUT2D eigenvalue weighted by molar-refractivity contribution is 0.243. The summed E-state index contributed by atoms with van der Waals surface area (Å²) in [4.78, 5) is 23.9. The van der Waals surface area contributed by atoms with E-state index < -0.39 is 6.03 Å². The van der Waals surface area contributed by atoms with Crippen molar-refractivity contribution in [3.8, 4) is 0 Å². The van der Waals surface area contributed by atoms with Gasteiger partial charge in [-0.3, -0.25) is 0 Å². The van der Waals surface area contributed by atoms with E-state index in [0.29, 0.717) is 5.95 Å². The van der Waals surface area contributed by atoms with Crippen LogP contribution in [0.4, 0.5) is 22.2 Å². The summed E-state index contributed by atoms with van der Waals surface area (Å²) in [7, 11) is 3.94. The third-order valence-corrected chi connectivity index (χ3v) is 7.33. The number of benzene rings is 2. The van der Waals surface area contributed by atoms with Crippen molar-refractivity contribution in [1.29, 1.82) is 0 Å². The van der Waals surface area contributed by atoms with Gasteiger partial charge >= 0.3 is 6.03 Å². The summed E-state index contributed by atoms with van der Waals surface area (Å²) in [6.45, 7) is 0. The number of hydrogen-bond donors (Lipinski definition) is 3. The Balaban J connectivity index is 1.35. The second-order valence-corrected chi connectivity index (χ2v) is 9.99. The second kappa shape index (κ2) is 10.6. The van der Waals surface area contributed by atoms with Crippen LogP contribution in [0, 0.1) is 0 Å². The summed E-state index contributed by atoms with van der Waals surface area (Å²) in [6.07, 6.45) is 3.33. The maximum atomic E-state index is 12.5. The number of carbonyl (C=O) groups excluding carboxylic acids is 1. The first kappa shape index (κ1) is 24.9. The molecule has 1 aromatic heterocycles. The van der Waals surface area contributed by atoms with Gasteiger partial charge in [0.15, 0.2) is 0 Å². The molecule has 0 radical (unpaired) electrons. The molecule has 0 bridgehead atoms. The second-order valence-electron chi connectivity index (χ2n) is 8.42. The largest absolute Gasteiger partial charge is 0.362 e. The molecule has 0 atom stereocenters. The predicted octanol–water partition coefficient (Wildman–Crippen LogP) is 6.85. The molecule has 2 amide bonds. The lowest BCUT2D eigenvalue weighted by Gasteiger charge is -2.30. The van der Waals surface area contributed by atoms with Crippen LogP contribution in [-0.2, 0) is 0 Å². The van der Waals surface area contributed by atoms with Crippen molar-refractivity contribution in [1.82, 2.24) is 15.3 Å². The molecule has 7 nitrogen and oxygen atoms in total. The summed E-state index contributed by atoms with van der Waals surface area (Å²) in [5.41, 5.74) is 1.09. The number of nitrogens with one attached hydrogen (secondary N) is 3. The molecule has 4 rings (SSSR count). The van der Waals surface area contributed by atoms with Crippen LogP contribution in [0.25, 0.3) is 10.9 Å². The highest BCUT2D eigenvalue weighted by molar-refractivity contribution is 6.50. The van der Waals surface area contributed by atoms with E-state index in [0.717, 1.165) is 42.4 Å². The summed E-state index contributed by atoms with van der Waals surface area (Å²) >= 11 is 24.4. The zero-order valence-electron chi connectivity index (χ0n) is 18.6. The first-order valence-corrected chi connectivity index (χ1v) is 12.3. The Morgan fingerprint density at radius 2 is 1.56 bits per heavy atom. The van der Waals surface area contributed by atoms with Gasteiger partial charge in [-0.15, -0.1) is 0 Å². The molecule has 1 fully saturated rings. The Morgan fingerprint density at radius 3 is 2.21 bits per heavy atom. The number of halogens is 4. The quantitative estimate of drug-likeness (QED) is 0.307. The highest BCUT2D eigenvalue weighted by atomic mass is 35.5. The van der Waals surface area contributed by atoms with E-state index in [1.165, 1.54) is 6.07 Å². The number of anilines is 3. The van der Waals surface area contributed by atoms with Crippen LogP contribution in [0.15, 0.2) is 30.3 Å². The van der Waals surface area contributed by atoms with Gasteiger partial charge in [-0.1, -0.05) is 58.5 Å². The van der Waals surface area contributed by atoms with Gasteiger partial charge in [0.05, 0.1) is 31.3 Å². The fourth-order valence-corrected chi connectivity index (χ4v) is 4.95. The van der Waals surface area contributed by atoms with Crippen LogP contribution in [0.1, 0.15) is 25.7 Å². The van der Waals surface area contributed by atoms with E-state index in [2.05, 4.69) is 20.9 Å². The summed E-state index contributed by atoms with van der Waals surface area (Å²) in [5, 5.41) is 10.8. The molecule has 0 spiro atoms. The standard InChI is InChI=1S/C23H24Cl4N6O/c1-33(2)21-14-5-3-4-6-17(14)30-22(32-21)28-12-7-9-13(10-8-12)29-23(34)31-20-18(26)15(24)11-16(25)19(20)27/h3-6,11-13H,7-10H2,1-2H3,(H,28,30,32)(H2,29,31,34)/t12-,13+. The highest BCUT2D eigenvalue weighted by Gasteiger charge is 2.24. The van der Waals surface area contributed by atoms with E-state index in [4.69, 9.17) is 51.4 Å². The zero-order chi connectivity index (χ0) is 24.4. The fourth-order valence-electron chi connectivity index (χ4n) is 4.05. The Bertz CT molecular complexity index is 1190. The molecular formula is C23H24Cl4N6O. The molecule has 1 aliphatic carbocycles.